The van der Waals surface area contributed by atoms with Crippen LogP contribution in [-0.2, 0) is 20.7 Å². The standard InChI is InChI=1S/C24H23BrN2O5/c1-16(18-9-11-19(25)12-10-18)26-22(28)15-32-24(30)20(14-17-6-3-2-4-7-17)27-23(29)21-8-5-13-31-21/h2-13,16,20H,14-15H2,1H3,(H,26,28)(H,27,29)/t16-,20-/m0/s1. The summed E-state index contributed by atoms with van der Waals surface area (Å²) >= 11 is 3.37. The van der Waals surface area contributed by atoms with Gasteiger partial charge in [-0.2, -0.15) is 0 Å². The van der Waals surface area contributed by atoms with E-state index in [1.165, 1.54) is 12.3 Å². The maximum atomic E-state index is 12.7. The van der Waals surface area contributed by atoms with Gasteiger partial charge in [-0.15, -0.1) is 0 Å². The van der Waals surface area contributed by atoms with E-state index in [4.69, 9.17) is 9.15 Å². The van der Waals surface area contributed by atoms with E-state index in [9.17, 15) is 14.4 Å². The van der Waals surface area contributed by atoms with E-state index >= 15 is 0 Å². The number of esters is 1. The summed E-state index contributed by atoms with van der Waals surface area (Å²) in [6, 6.07) is 18.6. The molecule has 1 heterocycles. The number of hydrogen-bond donors (Lipinski definition) is 2. The number of nitrogens with one attached hydrogen (secondary N) is 2. The fourth-order valence-corrected chi connectivity index (χ4v) is 3.30. The Kier molecular flexibility index (Phi) is 8.21. The maximum absolute atomic E-state index is 12.7. The SMILES string of the molecule is C[C@H](NC(=O)COC(=O)[C@H](Cc1ccccc1)NC(=O)c1ccco1)c1ccc(Br)cc1. The van der Waals surface area contributed by atoms with Crippen LogP contribution >= 0.6 is 15.9 Å². The molecule has 7 nitrogen and oxygen atoms in total. The van der Waals surface area contributed by atoms with E-state index in [0.29, 0.717) is 0 Å². The summed E-state index contributed by atoms with van der Waals surface area (Å²) < 4.78 is 11.2. The van der Waals surface area contributed by atoms with Crippen molar-refractivity contribution in [1.29, 1.82) is 0 Å². The van der Waals surface area contributed by atoms with Crippen molar-refractivity contribution in [2.75, 3.05) is 6.61 Å². The van der Waals surface area contributed by atoms with E-state index < -0.39 is 30.4 Å². The van der Waals surface area contributed by atoms with E-state index in [2.05, 4.69) is 26.6 Å². The largest absolute Gasteiger partial charge is 0.459 e. The van der Waals surface area contributed by atoms with Crippen LogP contribution in [-0.4, -0.2) is 30.4 Å². The number of halogens is 1. The third kappa shape index (κ3) is 6.81. The van der Waals surface area contributed by atoms with Crippen LogP contribution < -0.4 is 10.6 Å². The molecule has 3 rings (SSSR count). The van der Waals surface area contributed by atoms with Crippen molar-refractivity contribution < 1.29 is 23.5 Å². The van der Waals surface area contributed by atoms with Gasteiger partial charge in [0.25, 0.3) is 11.8 Å². The number of carbonyl (C=O) groups is 3. The van der Waals surface area contributed by atoms with Crippen molar-refractivity contribution >= 4 is 33.7 Å². The molecule has 32 heavy (non-hydrogen) atoms. The number of ether oxygens (including phenoxy) is 1. The molecule has 0 unspecified atom stereocenters. The molecule has 0 aliphatic carbocycles. The first-order valence-corrected chi connectivity index (χ1v) is 10.8. The van der Waals surface area contributed by atoms with Gasteiger partial charge >= 0.3 is 5.97 Å². The molecule has 3 aromatic rings. The highest BCUT2D eigenvalue weighted by Crippen LogP contribution is 2.16. The van der Waals surface area contributed by atoms with Gasteiger partial charge in [-0.05, 0) is 42.3 Å². The predicted octanol–water partition coefficient (Wildman–Crippen LogP) is 3.80. The fraction of sp³-hybridized carbons (Fsp3) is 0.208. The van der Waals surface area contributed by atoms with Crippen molar-refractivity contribution in [3.05, 3.63) is 94.4 Å². The first kappa shape index (κ1) is 23.3. The zero-order valence-electron chi connectivity index (χ0n) is 17.4. The lowest BCUT2D eigenvalue weighted by atomic mass is 10.1. The summed E-state index contributed by atoms with van der Waals surface area (Å²) in [5.74, 6) is -1.61. The topological polar surface area (TPSA) is 97.6 Å². The molecule has 2 aromatic carbocycles. The number of hydrogen-bond acceptors (Lipinski definition) is 5. The number of furan rings is 1. The van der Waals surface area contributed by atoms with Gasteiger partial charge < -0.3 is 19.8 Å². The van der Waals surface area contributed by atoms with Crippen LogP contribution in [0.3, 0.4) is 0 Å². The molecule has 166 valence electrons. The molecule has 0 saturated heterocycles. The highest BCUT2D eigenvalue weighted by atomic mass is 79.9. The molecule has 2 amide bonds. The lowest BCUT2D eigenvalue weighted by Gasteiger charge is -2.18. The highest BCUT2D eigenvalue weighted by molar-refractivity contribution is 9.10. The van der Waals surface area contributed by atoms with Gasteiger partial charge in [0, 0.05) is 10.9 Å². The van der Waals surface area contributed by atoms with Crippen molar-refractivity contribution in [2.45, 2.75) is 25.4 Å². The number of benzene rings is 2. The van der Waals surface area contributed by atoms with Gasteiger partial charge in [0.2, 0.25) is 0 Å². The summed E-state index contributed by atoms with van der Waals surface area (Å²) in [6.07, 6.45) is 1.58. The number of rotatable bonds is 9. The van der Waals surface area contributed by atoms with Crippen LogP contribution in [0.4, 0.5) is 0 Å². The first-order valence-electron chi connectivity index (χ1n) is 10.0. The van der Waals surface area contributed by atoms with Gasteiger partial charge in [0.1, 0.15) is 6.04 Å². The van der Waals surface area contributed by atoms with Crippen molar-refractivity contribution in [3.8, 4) is 0 Å². The third-order valence-electron chi connectivity index (χ3n) is 4.71. The predicted molar refractivity (Wildman–Crippen MR) is 122 cm³/mol. The summed E-state index contributed by atoms with van der Waals surface area (Å²) in [5, 5.41) is 5.41. The van der Waals surface area contributed by atoms with E-state index in [1.54, 1.807) is 6.07 Å². The Balaban J connectivity index is 1.58. The minimum absolute atomic E-state index is 0.0805. The Morgan fingerprint density at radius 1 is 0.969 bits per heavy atom. The quantitative estimate of drug-likeness (QED) is 0.437. The van der Waals surface area contributed by atoms with Crippen LogP contribution in [0.1, 0.15) is 34.6 Å². The summed E-state index contributed by atoms with van der Waals surface area (Å²) in [4.78, 5) is 37.4. The van der Waals surface area contributed by atoms with Crippen molar-refractivity contribution in [2.24, 2.45) is 0 Å². The average Bonchev–Trinajstić information content (AvgIpc) is 3.33. The van der Waals surface area contributed by atoms with Crippen LogP contribution in [0.15, 0.2) is 81.9 Å². The molecule has 0 radical (unpaired) electrons. The van der Waals surface area contributed by atoms with Crippen molar-refractivity contribution in [1.82, 2.24) is 10.6 Å². The van der Waals surface area contributed by atoms with Gasteiger partial charge in [0.05, 0.1) is 12.3 Å². The molecule has 0 aliphatic heterocycles. The molecule has 2 atom stereocenters. The minimum Gasteiger partial charge on any atom is -0.459 e. The van der Waals surface area contributed by atoms with E-state index in [-0.39, 0.29) is 18.2 Å². The molecule has 0 fully saturated rings. The highest BCUT2D eigenvalue weighted by Gasteiger charge is 2.25. The lowest BCUT2D eigenvalue weighted by Crippen LogP contribution is -2.44. The molecular formula is C24H23BrN2O5. The first-order chi connectivity index (χ1) is 15.4. The second-order valence-corrected chi connectivity index (χ2v) is 8.06. The third-order valence-corrected chi connectivity index (χ3v) is 5.24. The van der Waals surface area contributed by atoms with E-state index in [1.807, 2.05) is 61.5 Å². The average molecular weight is 499 g/mol. The van der Waals surface area contributed by atoms with Crippen LogP contribution in [0, 0.1) is 0 Å². The summed E-state index contributed by atoms with van der Waals surface area (Å²) in [6.45, 7) is 1.38. The van der Waals surface area contributed by atoms with Gasteiger partial charge in [-0.25, -0.2) is 4.79 Å². The molecule has 8 heteroatoms. The van der Waals surface area contributed by atoms with Crippen LogP contribution in [0.2, 0.25) is 0 Å². The fourth-order valence-electron chi connectivity index (χ4n) is 3.04. The van der Waals surface area contributed by atoms with E-state index in [0.717, 1.165) is 15.6 Å². The zero-order chi connectivity index (χ0) is 22.9. The smallest absolute Gasteiger partial charge is 0.329 e. The normalized spacial score (nSPS) is 12.4. The van der Waals surface area contributed by atoms with Crippen LogP contribution in [0.25, 0.3) is 0 Å². The maximum Gasteiger partial charge on any atom is 0.329 e. The molecular weight excluding hydrogens is 476 g/mol. The Morgan fingerprint density at radius 2 is 1.69 bits per heavy atom. The molecule has 0 saturated carbocycles. The Hall–Kier alpha value is -3.39. The summed E-state index contributed by atoms with van der Waals surface area (Å²) in [7, 11) is 0. The second kappa shape index (κ2) is 11.3. The minimum atomic E-state index is -0.980. The number of amides is 2. The Bertz CT molecular complexity index is 1040. The Morgan fingerprint density at radius 3 is 2.34 bits per heavy atom. The second-order valence-electron chi connectivity index (χ2n) is 7.14. The van der Waals surface area contributed by atoms with Gasteiger partial charge in [0.15, 0.2) is 12.4 Å². The lowest BCUT2D eigenvalue weighted by molar-refractivity contribution is -0.150. The van der Waals surface area contributed by atoms with Gasteiger partial charge in [-0.3, -0.25) is 9.59 Å². The molecule has 2 N–H and O–H groups in total. The summed E-state index contributed by atoms with van der Waals surface area (Å²) in [5.41, 5.74) is 1.75. The number of carbonyl (C=O) groups excluding carboxylic acids is 3. The molecule has 0 aliphatic rings. The van der Waals surface area contributed by atoms with Gasteiger partial charge in [-0.1, -0.05) is 58.4 Å². The van der Waals surface area contributed by atoms with Crippen LogP contribution in [0.5, 0.6) is 0 Å². The van der Waals surface area contributed by atoms with Crippen molar-refractivity contribution in [3.63, 3.8) is 0 Å². The Labute approximate surface area is 194 Å². The molecule has 0 spiro atoms. The molecule has 0 bridgehead atoms. The molecule has 1 aromatic heterocycles. The monoisotopic (exact) mass is 498 g/mol. The zero-order valence-corrected chi connectivity index (χ0v) is 19.0.